The van der Waals surface area contributed by atoms with E-state index >= 15 is 0 Å². The first-order valence-electron chi connectivity index (χ1n) is 5.34. The summed E-state index contributed by atoms with van der Waals surface area (Å²) >= 11 is 3.44. The van der Waals surface area contributed by atoms with Gasteiger partial charge in [-0.05, 0) is 34.6 Å². The molecule has 4 nitrogen and oxygen atoms in total. The van der Waals surface area contributed by atoms with Gasteiger partial charge in [0.05, 0.1) is 18.8 Å². The van der Waals surface area contributed by atoms with E-state index < -0.39 is 0 Å². The summed E-state index contributed by atoms with van der Waals surface area (Å²) in [7, 11) is 2.09. The monoisotopic (exact) mass is 285 g/mol. The SMILES string of the molecule is CN1CCOC(CN)C1c1cncc(Br)c1. The molecule has 1 aliphatic heterocycles. The molecule has 0 radical (unpaired) electrons. The number of aromatic nitrogens is 1. The lowest BCUT2D eigenvalue weighted by atomic mass is 10.0. The zero-order valence-corrected chi connectivity index (χ0v) is 10.9. The molecule has 1 saturated heterocycles. The van der Waals surface area contributed by atoms with E-state index in [2.05, 4.69) is 38.9 Å². The van der Waals surface area contributed by atoms with Crippen LogP contribution in [0.3, 0.4) is 0 Å². The minimum Gasteiger partial charge on any atom is -0.374 e. The summed E-state index contributed by atoms with van der Waals surface area (Å²) in [4.78, 5) is 6.46. The van der Waals surface area contributed by atoms with Crippen molar-refractivity contribution in [3.63, 3.8) is 0 Å². The van der Waals surface area contributed by atoms with Crippen molar-refractivity contribution in [3.05, 3.63) is 28.5 Å². The maximum absolute atomic E-state index is 5.75. The van der Waals surface area contributed by atoms with Crippen molar-refractivity contribution in [1.29, 1.82) is 0 Å². The topological polar surface area (TPSA) is 51.4 Å². The zero-order chi connectivity index (χ0) is 11.5. The number of pyridine rings is 1. The quantitative estimate of drug-likeness (QED) is 0.887. The Morgan fingerprint density at radius 2 is 2.44 bits per heavy atom. The summed E-state index contributed by atoms with van der Waals surface area (Å²) in [5.74, 6) is 0. The van der Waals surface area contributed by atoms with Gasteiger partial charge in [-0.25, -0.2) is 0 Å². The molecule has 2 heterocycles. The number of hydrogen-bond donors (Lipinski definition) is 1. The molecule has 0 aromatic carbocycles. The second-order valence-electron chi connectivity index (χ2n) is 4.01. The van der Waals surface area contributed by atoms with Crippen LogP contribution >= 0.6 is 15.9 Å². The molecule has 0 amide bonds. The molecular weight excluding hydrogens is 270 g/mol. The highest BCUT2D eigenvalue weighted by molar-refractivity contribution is 9.10. The van der Waals surface area contributed by atoms with Crippen molar-refractivity contribution in [2.45, 2.75) is 12.1 Å². The Labute approximate surface area is 104 Å². The predicted octanol–water partition coefficient (Wildman–Crippen LogP) is 1.17. The molecule has 0 bridgehead atoms. The highest BCUT2D eigenvalue weighted by Crippen LogP contribution is 2.28. The van der Waals surface area contributed by atoms with Gasteiger partial charge in [-0.2, -0.15) is 0 Å². The van der Waals surface area contributed by atoms with Crippen molar-refractivity contribution < 1.29 is 4.74 Å². The predicted molar refractivity (Wildman–Crippen MR) is 66.1 cm³/mol. The fourth-order valence-corrected chi connectivity index (χ4v) is 2.50. The van der Waals surface area contributed by atoms with Gasteiger partial charge in [-0.15, -0.1) is 0 Å². The summed E-state index contributed by atoms with van der Waals surface area (Å²) in [5.41, 5.74) is 6.89. The second-order valence-corrected chi connectivity index (χ2v) is 4.92. The fourth-order valence-electron chi connectivity index (χ4n) is 2.12. The van der Waals surface area contributed by atoms with Crippen LogP contribution in [0, 0.1) is 0 Å². The van der Waals surface area contributed by atoms with Gasteiger partial charge in [-0.1, -0.05) is 0 Å². The van der Waals surface area contributed by atoms with E-state index in [1.807, 2.05) is 6.20 Å². The van der Waals surface area contributed by atoms with Crippen LogP contribution in [0.5, 0.6) is 0 Å². The molecule has 2 atom stereocenters. The number of nitrogens with zero attached hydrogens (tertiary/aromatic N) is 2. The van der Waals surface area contributed by atoms with Gasteiger partial charge in [0.2, 0.25) is 0 Å². The van der Waals surface area contributed by atoms with Crippen LogP contribution in [0.1, 0.15) is 11.6 Å². The van der Waals surface area contributed by atoms with Gasteiger partial charge >= 0.3 is 0 Å². The molecule has 0 aliphatic carbocycles. The van der Waals surface area contributed by atoms with E-state index in [1.54, 1.807) is 6.20 Å². The number of halogens is 1. The van der Waals surface area contributed by atoms with Crippen molar-refractivity contribution in [2.24, 2.45) is 5.73 Å². The third kappa shape index (κ3) is 2.43. The van der Waals surface area contributed by atoms with E-state index in [9.17, 15) is 0 Å². The van der Waals surface area contributed by atoms with Crippen molar-refractivity contribution in [1.82, 2.24) is 9.88 Å². The molecule has 2 N–H and O–H groups in total. The lowest BCUT2D eigenvalue weighted by molar-refractivity contribution is -0.0577. The van der Waals surface area contributed by atoms with E-state index in [0.29, 0.717) is 6.54 Å². The third-order valence-electron chi connectivity index (χ3n) is 2.90. The van der Waals surface area contributed by atoms with Gasteiger partial charge in [0.15, 0.2) is 0 Å². The first-order chi connectivity index (χ1) is 7.72. The number of rotatable bonds is 2. The molecule has 1 aromatic rings. The van der Waals surface area contributed by atoms with Gasteiger partial charge < -0.3 is 10.5 Å². The average Bonchev–Trinajstić information content (AvgIpc) is 2.28. The maximum atomic E-state index is 5.75. The van der Waals surface area contributed by atoms with Crippen molar-refractivity contribution in [2.75, 3.05) is 26.7 Å². The third-order valence-corrected chi connectivity index (χ3v) is 3.34. The number of nitrogens with two attached hydrogens (primary N) is 1. The highest BCUT2D eigenvalue weighted by atomic mass is 79.9. The molecule has 16 heavy (non-hydrogen) atoms. The Kier molecular flexibility index (Phi) is 3.91. The maximum Gasteiger partial charge on any atom is 0.0894 e. The van der Waals surface area contributed by atoms with Gasteiger partial charge in [0.1, 0.15) is 0 Å². The first-order valence-corrected chi connectivity index (χ1v) is 6.14. The summed E-state index contributed by atoms with van der Waals surface area (Å²) in [6, 6.07) is 2.27. The molecule has 1 aromatic heterocycles. The molecule has 0 spiro atoms. The van der Waals surface area contributed by atoms with Gasteiger partial charge in [-0.3, -0.25) is 9.88 Å². The van der Waals surface area contributed by atoms with Crippen LogP contribution in [0.2, 0.25) is 0 Å². The van der Waals surface area contributed by atoms with Gasteiger partial charge in [0, 0.05) is 30.0 Å². The van der Waals surface area contributed by atoms with E-state index in [1.165, 1.54) is 0 Å². The summed E-state index contributed by atoms with van der Waals surface area (Å²) < 4.78 is 6.68. The Bertz CT molecular complexity index is 361. The normalized spacial score (nSPS) is 26.9. The molecule has 5 heteroatoms. The fraction of sp³-hybridized carbons (Fsp3) is 0.545. The standard InChI is InChI=1S/C11H16BrN3O/c1-15-2-3-16-10(5-13)11(15)8-4-9(12)7-14-6-8/h4,6-7,10-11H,2-3,5,13H2,1H3. The van der Waals surface area contributed by atoms with Crippen LogP contribution < -0.4 is 5.73 Å². The average molecular weight is 286 g/mol. The summed E-state index contributed by atoms with van der Waals surface area (Å²) in [5, 5.41) is 0. The molecular formula is C11H16BrN3O. The largest absolute Gasteiger partial charge is 0.374 e. The Morgan fingerprint density at radius 3 is 3.12 bits per heavy atom. The molecule has 2 unspecified atom stereocenters. The smallest absolute Gasteiger partial charge is 0.0894 e. The number of likely N-dealkylation sites (N-methyl/N-ethyl adjacent to an activating group) is 1. The second kappa shape index (κ2) is 5.23. The molecule has 88 valence electrons. The van der Waals surface area contributed by atoms with Crippen LogP contribution in [0.25, 0.3) is 0 Å². The summed E-state index contributed by atoms with van der Waals surface area (Å²) in [6.45, 7) is 2.20. The van der Waals surface area contributed by atoms with E-state index in [-0.39, 0.29) is 12.1 Å². The Balaban J connectivity index is 2.28. The van der Waals surface area contributed by atoms with Crippen LogP contribution in [0.4, 0.5) is 0 Å². The first kappa shape index (κ1) is 12.0. The molecule has 2 rings (SSSR count). The molecule has 0 saturated carbocycles. The van der Waals surface area contributed by atoms with Crippen molar-refractivity contribution in [3.8, 4) is 0 Å². The number of hydrogen-bond acceptors (Lipinski definition) is 4. The number of ether oxygens (including phenoxy) is 1. The van der Waals surface area contributed by atoms with E-state index in [4.69, 9.17) is 10.5 Å². The molecule has 1 aliphatic rings. The summed E-state index contributed by atoms with van der Waals surface area (Å²) in [6.07, 6.45) is 3.71. The molecule has 1 fully saturated rings. The Hall–Kier alpha value is -0.490. The van der Waals surface area contributed by atoms with Gasteiger partial charge in [0.25, 0.3) is 0 Å². The highest BCUT2D eigenvalue weighted by Gasteiger charge is 2.30. The lowest BCUT2D eigenvalue weighted by Crippen LogP contribution is -2.46. The van der Waals surface area contributed by atoms with Crippen LogP contribution in [0.15, 0.2) is 22.9 Å². The lowest BCUT2D eigenvalue weighted by Gasteiger charge is -2.38. The minimum absolute atomic E-state index is 0.0508. The zero-order valence-electron chi connectivity index (χ0n) is 9.27. The number of morpholine rings is 1. The van der Waals surface area contributed by atoms with Crippen LogP contribution in [-0.4, -0.2) is 42.7 Å². The Morgan fingerprint density at radius 1 is 1.62 bits per heavy atom. The van der Waals surface area contributed by atoms with E-state index in [0.717, 1.165) is 23.2 Å². The van der Waals surface area contributed by atoms with Crippen LogP contribution in [-0.2, 0) is 4.74 Å². The minimum atomic E-state index is 0.0508. The van der Waals surface area contributed by atoms with Crippen molar-refractivity contribution >= 4 is 15.9 Å².